The maximum atomic E-state index is 5.38. The van der Waals surface area contributed by atoms with Gasteiger partial charge in [0.05, 0.1) is 27.1 Å². The normalized spacial score (nSPS) is 13.5. The average molecular weight is 620 g/mol. The van der Waals surface area contributed by atoms with Gasteiger partial charge in [-0.05, 0) is 35.4 Å². The summed E-state index contributed by atoms with van der Waals surface area (Å²) in [6.07, 6.45) is 0. The molecule has 9 aromatic rings. The van der Waals surface area contributed by atoms with Crippen LogP contribution in [0.15, 0.2) is 140 Å². The fourth-order valence-corrected chi connectivity index (χ4v) is 9.00. The van der Waals surface area contributed by atoms with Gasteiger partial charge in [-0.2, -0.15) is 0 Å². The van der Waals surface area contributed by atoms with Gasteiger partial charge >= 0.3 is 0 Å². The zero-order chi connectivity index (χ0) is 31.3. The van der Waals surface area contributed by atoms with Crippen molar-refractivity contribution in [3.8, 4) is 39.5 Å². The molecule has 0 N–H and O–H groups in total. The summed E-state index contributed by atoms with van der Waals surface area (Å²) in [5.41, 5.74) is 11.1. The molecule has 0 saturated heterocycles. The van der Waals surface area contributed by atoms with Crippen LogP contribution in [0.2, 0.25) is 0 Å². The molecule has 0 spiro atoms. The van der Waals surface area contributed by atoms with Crippen LogP contribution in [0.1, 0.15) is 25.1 Å². The molecule has 3 nitrogen and oxygen atoms in total. The van der Waals surface area contributed by atoms with Crippen LogP contribution in [0.4, 0.5) is 0 Å². The van der Waals surface area contributed by atoms with Gasteiger partial charge in [0.2, 0.25) is 0 Å². The van der Waals surface area contributed by atoms with Gasteiger partial charge in [-0.15, -0.1) is 11.3 Å². The van der Waals surface area contributed by atoms with E-state index in [0.29, 0.717) is 0 Å². The molecule has 0 unspecified atom stereocenters. The SMILES string of the molecule is CC1(C)c2ccccc2-c2c(-c3ccccc3)nc(-c3cccc(-n4c5ccccc5c5ccc6c7ccccc7sc6c54)c3)nc21. The molecule has 1 aliphatic rings. The van der Waals surface area contributed by atoms with Crippen molar-refractivity contribution < 1.29 is 0 Å². The lowest BCUT2D eigenvalue weighted by atomic mass is 9.85. The number of thiophene rings is 1. The first kappa shape index (κ1) is 26.6. The highest BCUT2D eigenvalue weighted by molar-refractivity contribution is 7.26. The molecule has 0 saturated carbocycles. The predicted molar refractivity (Wildman–Crippen MR) is 198 cm³/mol. The van der Waals surface area contributed by atoms with E-state index in [0.717, 1.165) is 39.6 Å². The molecule has 1 aliphatic carbocycles. The molecule has 6 aromatic carbocycles. The number of benzene rings is 6. The highest BCUT2D eigenvalue weighted by Crippen LogP contribution is 2.51. The Hall–Kier alpha value is -5.58. The molecule has 0 bridgehead atoms. The van der Waals surface area contributed by atoms with Gasteiger partial charge in [-0.3, -0.25) is 0 Å². The first-order chi connectivity index (χ1) is 23.1. The van der Waals surface area contributed by atoms with Crippen molar-refractivity contribution in [2.75, 3.05) is 0 Å². The number of rotatable bonds is 3. The third kappa shape index (κ3) is 3.73. The standard InChI is InChI=1S/C43H29N3S/c1-43(2)34-20-9-6-19-33(34)37-38(26-13-4-3-5-14-26)44-42(45-41(37)43)27-15-12-16-28(25-27)46-35-21-10-7-17-29(35)31-23-24-32-30-18-8-11-22-36(30)47-40(32)39(31)46/h3-25H,1-2H3. The molecule has 4 heteroatoms. The maximum absolute atomic E-state index is 5.38. The van der Waals surface area contributed by atoms with Gasteiger partial charge in [0.15, 0.2) is 5.82 Å². The Kier molecular flexibility index (Phi) is 5.50. The highest BCUT2D eigenvalue weighted by atomic mass is 32.1. The monoisotopic (exact) mass is 619 g/mol. The van der Waals surface area contributed by atoms with Crippen molar-refractivity contribution in [3.05, 3.63) is 151 Å². The Morgan fingerprint density at radius 3 is 2.21 bits per heavy atom. The Morgan fingerprint density at radius 2 is 1.32 bits per heavy atom. The van der Waals surface area contributed by atoms with Gasteiger partial charge in [0, 0.05) is 54.0 Å². The molecule has 0 fully saturated rings. The Labute approximate surface area is 276 Å². The zero-order valence-corrected chi connectivity index (χ0v) is 26.8. The minimum Gasteiger partial charge on any atom is -0.308 e. The summed E-state index contributed by atoms with van der Waals surface area (Å²) in [5, 5.41) is 5.13. The third-order valence-electron chi connectivity index (χ3n) is 9.96. The van der Waals surface area contributed by atoms with E-state index in [1.54, 1.807) is 0 Å². The van der Waals surface area contributed by atoms with Gasteiger partial charge in [-0.25, -0.2) is 9.97 Å². The summed E-state index contributed by atoms with van der Waals surface area (Å²) >= 11 is 1.88. The maximum Gasteiger partial charge on any atom is 0.160 e. The number of para-hydroxylation sites is 1. The molecule has 0 amide bonds. The minimum absolute atomic E-state index is 0.246. The predicted octanol–water partition coefficient (Wildman–Crippen LogP) is 11.6. The van der Waals surface area contributed by atoms with E-state index in [-0.39, 0.29) is 5.41 Å². The second-order valence-electron chi connectivity index (χ2n) is 13.0. The van der Waals surface area contributed by atoms with Crippen molar-refractivity contribution in [2.24, 2.45) is 0 Å². The van der Waals surface area contributed by atoms with Crippen LogP contribution in [0, 0.1) is 0 Å². The van der Waals surface area contributed by atoms with Crippen molar-refractivity contribution in [3.63, 3.8) is 0 Å². The molecule has 10 rings (SSSR count). The third-order valence-corrected chi connectivity index (χ3v) is 11.2. The van der Waals surface area contributed by atoms with E-state index in [1.165, 1.54) is 53.1 Å². The van der Waals surface area contributed by atoms with Crippen LogP contribution >= 0.6 is 11.3 Å². The fourth-order valence-electron chi connectivity index (χ4n) is 7.76. The van der Waals surface area contributed by atoms with Crippen LogP contribution in [0.3, 0.4) is 0 Å². The van der Waals surface area contributed by atoms with Crippen molar-refractivity contribution in [1.82, 2.24) is 14.5 Å². The first-order valence-corrected chi connectivity index (χ1v) is 16.9. The topological polar surface area (TPSA) is 30.7 Å². The summed E-state index contributed by atoms with van der Waals surface area (Å²) in [7, 11) is 0. The highest BCUT2D eigenvalue weighted by Gasteiger charge is 2.39. The first-order valence-electron chi connectivity index (χ1n) is 16.1. The summed E-state index contributed by atoms with van der Waals surface area (Å²) in [6, 6.07) is 50.1. The largest absolute Gasteiger partial charge is 0.308 e. The summed E-state index contributed by atoms with van der Waals surface area (Å²) < 4.78 is 5.06. The van der Waals surface area contributed by atoms with Crippen molar-refractivity contribution in [1.29, 1.82) is 0 Å². The van der Waals surface area contributed by atoms with Gasteiger partial charge in [0.1, 0.15) is 0 Å². The van der Waals surface area contributed by atoms with Gasteiger partial charge in [0.25, 0.3) is 0 Å². The van der Waals surface area contributed by atoms with E-state index < -0.39 is 0 Å². The van der Waals surface area contributed by atoms with Gasteiger partial charge in [-0.1, -0.05) is 129 Å². The van der Waals surface area contributed by atoms with E-state index in [4.69, 9.17) is 9.97 Å². The van der Waals surface area contributed by atoms with E-state index in [9.17, 15) is 0 Å². The van der Waals surface area contributed by atoms with Crippen molar-refractivity contribution >= 4 is 53.3 Å². The molecular formula is C43H29N3S. The Bertz CT molecular complexity index is 2710. The molecule has 222 valence electrons. The zero-order valence-electron chi connectivity index (χ0n) is 26.0. The van der Waals surface area contributed by atoms with Crippen LogP contribution in [-0.4, -0.2) is 14.5 Å². The summed E-state index contributed by atoms with van der Waals surface area (Å²) in [6.45, 7) is 4.57. The number of aromatic nitrogens is 3. The molecule has 0 aliphatic heterocycles. The van der Waals surface area contributed by atoms with Gasteiger partial charge < -0.3 is 4.57 Å². The number of nitrogens with zero attached hydrogens (tertiary/aromatic N) is 3. The molecule has 0 radical (unpaired) electrons. The molecule has 3 aromatic heterocycles. The Morgan fingerprint density at radius 1 is 0.596 bits per heavy atom. The average Bonchev–Trinajstić information content (AvgIpc) is 3.74. The van der Waals surface area contributed by atoms with Crippen LogP contribution in [0.5, 0.6) is 0 Å². The molecule has 47 heavy (non-hydrogen) atoms. The quantitative estimate of drug-likeness (QED) is 0.197. The van der Waals surface area contributed by atoms with Crippen LogP contribution < -0.4 is 0 Å². The van der Waals surface area contributed by atoms with Crippen molar-refractivity contribution in [2.45, 2.75) is 19.3 Å². The lowest BCUT2D eigenvalue weighted by molar-refractivity contribution is 0.636. The molecule has 3 heterocycles. The number of hydrogen-bond donors (Lipinski definition) is 0. The number of hydrogen-bond acceptors (Lipinski definition) is 3. The van der Waals surface area contributed by atoms with E-state index in [1.807, 2.05) is 11.3 Å². The van der Waals surface area contributed by atoms with Crippen LogP contribution in [-0.2, 0) is 5.41 Å². The lowest BCUT2D eigenvalue weighted by Crippen LogP contribution is -2.17. The minimum atomic E-state index is -0.246. The van der Waals surface area contributed by atoms with E-state index in [2.05, 4.69) is 158 Å². The smallest absolute Gasteiger partial charge is 0.160 e. The number of fused-ring (bicyclic) bond motifs is 10. The van der Waals surface area contributed by atoms with E-state index >= 15 is 0 Å². The fraction of sp³-hybridized carbons (Fsp3) is 0.0698. The Balaban J connectivity index is 1.24. The second-order valence-corrected chi connectivity index (χ2v) is 14.0. The summed E-state index contributed by atoms with van der Waals surface area (Å²) in [5.74, 6) is 0.748. The summed E-state index contributed by atoms with van der Waals surface area (Å²) in [4.78, 5) is 10.7. The van der Waals surface area contributed by atoms with Crippen LogP contribution in [0.25, 0.3) is 81.4 Å². The second kappa shape index (κ2) is 9.71. The molecule has 0 atom stereocenters. The lowest BCUT2D eigenvalue weighted by Gasteiger charge is -2.21. The molecular weight excluding hydrogens is 591 g/mol.